The fourth-order valence-corrected chi connectivity index (χ4v) is 3.95. The Morgan fingerprint density at radius 2 is 1.91 bits per heavy atom. The summed E-state index contributed by atoms with van der Waals surface area (Å²) in [7, 11) is 1.76. The van der Waals surface area contributed by atoms with Gasteiger partial charge in [-0.05, 0) is 49.7 Å². The van der Waals surface area contributed by atoms with Crippen LogP contribution in [0.25, 0.3) is 22.5 Å². The SMILES string of the molecule is Cn1nc(-c2nnc(C3(C)CCNC3=O)o2)c2c(Nc3ccc(C(F)(F)F)cc3)cccc21. The minimum absolute atomic E-state index is 0.151. The molecule has 2 aromatic carbocycles. The van der Waals surface area contributed by atoms with Crippen molar-refractivity contribution in [3.63, 3.8) is 0 Å². The summed E-state index contributed by atoms with van der Waals surface area (Å²) in [6.45, 7) is 2.28. The van der Waals surface area contributed by atoms with E-state index in [9.17, 15) is 18.0 Å². The first kappa shape index (κ1) is 21.0. The van der Waals surface area contributed by atoms with Gasteiger partial charge in [-0.1, -0.05) is 6.07 Å². The summed E-state index contributed by atoms with van der Waals surface area (Å²) in [5.74, 6) is 0.186. The Balaban J connectivity index is 1.55. The number of anilines is 2. The third-order valence-electron chi connectivity index (χ3n) is 5.88. The van der Waals surface area contributed by atoms with Crippen LogP contribution in [0, 0.1) is 0 Å². The number of aromatic nitrogens is 4. The average molecular weight is 456 g/mol. The van der Waals surface area contributed by atoms with E-state index in [1.54, 1.807) is 24.7 Å². The molecule has 1 unspecified atom stereocenters. The lowest BCUT2D eigenvalue weighted by molar-refractivity contribution is -0.137. The number of carbonyl (C=O) groups excluding carboxylic acids is 1. The lowest BCUT2D eigenvalue weighted by Crippen LogP contribution is -2.32. The van der Waals surface area contributed by atoms with Crippen LogP contribution >= 0.6 is 0 Å². The number of alkyl halides is 3. The molecule has 0 bridgehead atoms. The molecule has 170 valence electrons. The zero-order chi connectivity index (χ0) is 23.4. The second-order valence-corrected chi connectivity index (χ2v) is 8.12. The van der Waals surface area contributed by atoms with E-state index in [2.05, 4.69) is 25.9 Å². The first-order valence-corrected chi connectivity index (χ1v) is 10.2. The van der Waals surface area contributed by atoms with Crippen LogP contribution in [-0.2, 0) is 23.4 Å². The number of benzene rings is 2. The normalized spacial score (nSPS) is 18.6. The number of rotatable bonds is 4. The van der Waals surface area contributed by atoms with Gasteiger partial charge in [-0.15, -0.1) is 10.2 Å². The third kappa shape index (κ3) is 3.49. The molecule has 4 aromatic rings. The van der Waals surface area contributed by atoms with Gasteiger partial charge in [-0.2, -0.15) is 18.3 Å². The van der Waals surface area contributed by atoms with Crippen LogP contribution in [0.3, 0.4) is 0 Å². The van der Waals surface area contributed by atoms with Crippen LogP contribution in [0.2, 0.25) is 0 Å². The predicted molar refractivity (Wildman–Crippen MR) is 114 cm³/mol. The minimum atomic E-state index is -4.41. The van der Waals surface area contributed by atoms with Gasteiger partial charge in [0.1, 0.15) is 5.41 Å². The van der Waals surface area contributed by atoms with Crippen molar-refractivity contribution >= 4 is 28.2 Å². The smallest absolute Gasteiger partial charge is 0.416 e. The zero-order valence-corrected chi connectivity index (χ0v) is 17.7. The first-order chi connectivity index (χ1) is 15.7. The fraction of sp³-hybridized carbons (Fsp3) is 0.273. The van der Waals surface area contributed by atoms with Crippen molar-refractivity contribution in [1.82, 2.24) is 25.3 Å². The van der Waals surface area contributed by atoms with Gasteiger partial charge >= 0.3 is 6.18 Å². The highest BCUT2D eigenvalue weighted by molar-refractivity contribution is 6.02. The van der Waals surface area contributed by atoms with Gasteiger partial charge in [-0.3, -0.25) is 9.48 Å². The summed E-state index contributed by atoms with van der Waals surface area (Å²) in [5.41, 5.74) is 0.620. The lowest BCUT2D eigenvalue weighted by atomic mass is 9.89. The van der Waals surface area contributed by atoms with Crippen molar-refractivity contribution in [1.29, 1.82) is 0 Å². The number of halogens is 3. The van der Waals surface area contributed by atoms with Gasteiger partial charge < -0.3 is 15.1 Å². The molecule has 1 fully saturated rings. The number of amides is 1. The van der Waals surface area contributed by atoms with E-state index in [4.69, 9.17) is 4.42 Å². The average Bonchev–Trinajstić information content (AvgIpc) is 3.47. The van der Waals surface area contributed by atoms with Crippen LogP contribution in [-0.4, -0.2) is 32.4 Å². The molecule has 1 aliphatic heterocycles. The van der Waals surface area contributed by atoms with E-state index in [0.29, 0.717) is 35.4 Å². The van der Waals surface area contributed by atoms with Gasteiger partial charge in [-0.25, -0.2) is 0 Å². The number of carbonyl (C=O) groups is 1. The van der Waals surface area contributed by atoms with E-state index in [0.717, 1.165) is 17.6 Å². The van der Waals surface area contributed by atoms with E-state index < -0.39 is 17.2 Å². The quantitative estimate of drug-likeness (QED) is 0.479. The number of hydrogen-bond donors (Lipinski definition) is 2. The molecule has 1 aliphatic rings. The monoisotopic (exact) mass is 456 g/mol. The number of aryl methyl sites for hydroxylation is 1. The second kappa shape index (κ2) is 7.32. The highest BCUT2D eigenvalue weighted by Crippen LogP contribution is 2.37. The molecule has 1 amide bonds. The largest absolute Gasteiger partial charge is 0.418 e. The van der Waals surface area contributed by atoms with Crippen LogP contribution in [0.15, 0.2) is 46.9 Å². The number of hydrogen-bond acceptors (Lipinski definition) is 6. The van der Waals surface area contributed by atoms with Crippen molar-refractivity contribution < 1.29 is 22.4 Å². The predicted octanol–water partition coefficient (Wildman–Crippen LogP) is 4.16. The summed E-state index contributed by atoms with van der Waals surface area (Å²) in [6, 6.07) is 10.2. The van der Waals surface area contributed by atoms with Crippen molar-refractivity contribution in [2.45, 2.75) is 24.9 Å². The Morgan fingerprint density at radius 3 is 2.58 bits per heavy atom. The number of nitrogens with one attached hydrogen (secondary N) is 2. The second-order valence-electron chi connectivity index (χ2n) is 8.12. The van der Waals surface area contributed by atoms with Gasteiger partial charge in [0.2, 0.25) is 11.8 Å². The van der Waals surface area contributed by atoms with Crippen LogP contribution < -0.4 is 10.6 Å². The Hall–Kier alpha value is -3.89. The van der Waals surface area contributed by atoms with E-state index in [1.165, 1.54) is 12.1 Å². The van der Waals surface area contributed by atoms with Crippen molar-refractivity contribution in [3.05, 3.63) is 53.9 Å². The Kier molecular flexibility index (Phi) is 4.66. The highest BCUT2D eigenvalue weighted by Gasteiger charge is 2.44. The summed E-state index contributed by atoms with van der Waals surface area (Å²) in [6.07, 6.45) is -3.87. The van der Waals surface area contributed by atoms with Crippen LogP contribution in [0.1, 0.15) is 24.8 Å². The van der Waals surface area contributed by atoms with Gasteiger partial charge in [0.05, 0.1) is 22.2 Å². The molecule has 2 N–H and O–H groups in total. The third-order valence-corrected chi connectivity index (χ3v) is 5.88. The van der Waals surface area contributed by atoms with E-state index in [-0.39, 0.29) is 17.7 Å². The molecule has 5 rings (SSSR count). The summed E-state index contributed by atoms with van der Waals surface area (Å²) in [4.78, 5) is 12.3. The topological polar surface area (TPSA) is 97.9 Å². The van der Waals surface area contributed by atoms with Crippen molar-refractivity contribution in [2.75, 3.05) is 11.9 Å². The van der Waals surface area contributed by atoms with Gasteiger partial charge in [0, 0.05) is 19.3 Å². The maximum absolute atomic E-state index is 12.9. The van der Waals surface area contributed by atoms with E-state index in [1.807, 2.05) is 12.1 Å². The molecule has 0 spiro atoms. The maximum Gasteiger partial charge on any atom is 0.416 e. The Morgan fingerprint density at radius 1 is 1.15 bits per heavy atom. The van der Waals surface area contributed by atoms with Gasteiger partial charge in [0.15, 0.2) is 5.69 Å². The van der Waals surface area contributed by atoms with Crippen LogP contribution in [0.5, 0.6) is 0 Å². The van der Waals surface area contributed by atoms with E-state index >= 15 is 0 Å². The van der Waals surface area contributed by atoms with Gasteiger partial charge in [0.25, 0.3) is 5.89 Å². The molecule has 2 aromatic heterocycles. The first-order valence-electron chi connectivity index (χ1n) is 10.2. The summed E-state index contributed by atoms with van der Waals surface area (Å²) >= 11 is 0. The molecule has 1 saturated heterocycles. The molecule has 3 heterocycles. The molecule has 11 heteroatoms. The molecule has 33 heavy (non-hydrogen) atoms. The molecular formula is C22H19F3N6O2. The maximum atomic E-state index is 12.9. The molecule has 0 radical (unpaired) electrons. The summed E-state index contributed by atoms with van der Waals surface area (Å²) < 4.78 is 46.2. The summed E-state index contributed by atoms with van der Waals surface area (Å²) in [5, 5.41) is 19.4. The van der Waals surface area contributed by atoms with Crippen molar-refractivity contribution in [2.24, 2.45) is 7.05 Å². The minimum Gasteiger partial charge on any atom is -0.418 e. The molecule has 8 nitrogen and oxygen atoms in total. The molecule has 0 saturated carbocycles. The van der Waals surface area contributed by atoms with Crippen molar-refractivity contribution in [3.8, 4) is 11.6 Å². The van der Waals surface area contributed by atoms with Crippen LogP contribution in [0.4, 0.5) is 24.5 Å². The zero-order valence-electron chi connectivity index (χ0n) is 17.7. The Bertz CT molecular complexity index is 1360. The molecule has 1 atom stereocenters. The molecule has 0 aliphatic carbocycles. The number of fused-ring (bicyclic) bond motifs is 1. The lowest BCUT2D eigenvalue weighted by Gasteiger charge is -2.14. The Labute approximate surface area is 185 Å². The standard InChI is InChI=1S/C22H19F3N6O2/c1-21(10-11-26-19(21)32)20-29-28-18(33-20)17-16-14(4-3-5-15(16)31(2)30-17)27-13-8-6-12(7-9-13)22(23,24)25/h3-9,27H,10-11H2,1-2H3,(H,26,32). The fourth-order valence-electron chi connectivity index (χ4n) is 3.95. The molecular weight excluding hydrogens is 437 g/mol. The number of nitrogens with zero attached hydrogens (tertiary/aromatic N) is 4. The highest BCUT2D eigenvalue weighted by atomic mass is 19.4.